The van der Waals surface area contributed by atoms with Gasteiger partial charge in [-0.15, -0.1) is 0 Å². The van der Waals surface area contributed by atoms with Crippen LogP contribution in [0.15, 0.2) is 42.6 Å². The Morgan fingerprint density at radius 3 is 2.32 bits per heavy atom. The number of pyridine rings is 1. The standard InChI is InChI=1S/C16H20N2O/c1-3-4-13-5-7-14(8-6-13)19-15-9-10-16(12(2)17)18-11-15/h5-12H,3-4,17H2,1-2H3/t12-/m1/s1. The van der Waals surface area contributed by atoms with Gasteiger partial charge < -0.3 is 10.5 Å². The van der Waals surface area contributed by atoms with E-state index in [0.717, 1.165) is 30.0 Å². The second kappa shape index (κ2) is 6.34. The van der Waals surface area contributed by atoms with E-state index in [9.17, 15) is 0 Å². The molecule has 100 valence electrons. The van der Waals surface area contributed by atoms with Crippen molar-refractivity contribution >= 4 is 0 Å². The molecule has 0 aliphatic heterocycles. The number of benzene rings is 1. The van der Waals surface area contributed by atoms with Crippen molar-refractivity contribution in [2.45, 2.75) is 32.7 Å². The molecular formula is C16H20N2O. The van der Waals surface area contributed by atoms with Gasteiger partial charge in [-0.25, -0.2) is 0 Å². The molecule has 0 aliphatic carbocycles. The van der Waals surface area contributed by atoms with Crippen LogP contribution in [0.2, 0.25) is 0 Å². The normalized spacial score (nSPS) is 12.2. The van der Waals surface area contributed by atoms with Crippen molar-refractivity contribution in [3.63, 3.8) is 0 Å². The number of hydrogen-bond acceptors (Lipinski definition) is 3. The van der Waals surface area contributed by atoms with Crippen molar-refractivity contribution in [3.05, 3.63) is 53.9 Å². The fourth-order valence-corrected chi connectivity index (χ4v) is 1.87. The molecule has 0 bridgehead atoms. The summed E-state index contributed by atoms with van der Waals surface area (Å²) < 4.78 is 5.74. The number of aromatic nitrogens is 1. The second-order valence-electron chi connectivity index (χ2n) is 4.70. The molecule has 2 rings (SSSR count). The number of aryl methyl sites for hydroxylation is 1. The van der Waals surface area contributed by atoms with E-state index >= 15 is 0 Å². The van der Waals surface area contributed by atoms with Gasteiger partial charge in [0, 0.05) is 6.04 Å². The Bertz CT molecular complexity index is 503. The molecule has 0 amide bonds. The summed E-state index contributed by atoms with van der Waals surface area (Å²) in [4.78, 5) is 4.27. The molecule has 1 atom stereocenters. The third-order valence-electron chi connectivity index (χ3n) is 2.92. The molecular weight excluding hydrogens is 236 g/mol. The first kappa shape index (κ1) is 13.6. The van der Waals surface area contributed by atoms with Crippen LogP contribution in [0.25, 0.3) is 0 Å². The Morgan fingerprint density at radius 2 is 1.79 bits per heavy atom. The van der Waals surface area contributed by atoms with E-state index in [0.29, 0.717) is 0 Å². The minimum atomic E-state index is -0.0534. The molecule has 2 aromatic rings. The van der Waals surface area contributed by atoms with Crippen LogP contribution >= 0.6 is 0 Å². The fourth-order valence-electron chi connectivity index (χ4n) is 1.87. The van der Waals surface area contributed by atoms with Crippen LogP contribution in [-0.2, 0) is 6.42 Å². The molecule has 1 aromatic heterocycles. The minimum Gasteiger partial charge on any atom is -0.456 e. The van der Waals surface area contributed by atoms with E-state index < -0.39 is 0 Å². The van der Waals surface area contributed by atoms with Gasteiger partial charge in [0.2, 0.25) is 0 Å². The van der Waals surface area contributed by atoms with Crippen LogP contribution in [0, 0.1) is 0 Å². The summed E-state index contributed by atoms with van der Waals surface area (Å²) in [7, 11) is 0. The lowest BCUT2D eigenvalue weighted by Crippen LogP contribution is -2.06. The van der Waals surface area contributed by atoms with E-state index in [1.807, 2.05) is 31.2 Å². The molecule has 0 fully saturated rings. The van der Waals surface area contributed by atoms with Crippen molar-refractivity contribution in [1.29, 1.82) is 0 Å². The Labute approximate surface area is 114 Å². The molecule has 0 saturated heterocycles. The van der Waals surface area contributed by atoms with E-state index in [1.54, 1.807) is 6.20 Å². The van der Waals surface area contributed by atoms with Crippen LogP contribution in [0.1, 0.15) is 37.6 Å². The lowest BCUT2D eigenvalue weighted by Gasteiger charge is -2.08. The lowest BCUT2D eigenvalue weighted by molar-refractivity contribution is 0.479. The highest BCUT2D eigenvalue weighted by molar-refractivity contribution is 5.32. The van der Waals surface area contributed by atoms with Gasteiger partial charge in [-0.3, -0.25) is 4.98 Å². The third-order valence-corrected chi connectivity index (χ3v) is 2.92. The van der Waals surface area contributed by atoms with Gasteiger partial charge in [0.05, 0.1) is 11.9 Å². The Kier molecular flexibility index (Phi) is 4.53. The molecule has 3 nitrogen and oxygen atoms in total. The number of rotatable bonds is 5. The van der Waals surface area contributed by atoms with Crippen LogP contribution in [0.4, 0.5) is 0 Å². The van der Waals surface area contributed by atoms with Gasteiger partial charge in [-0.1, -0.05) is 25.5 Å². The third kappa shape index (κ3) is 3.80. The molecule has 0 aliphatic rings. The van der Waals surface area contributed by atoms with Gasteiger partial charge in [-0.2, -0.15) is 0 Å². The number of nitrogens with two attached hydrogens (primary N) is 1. The Morgan fingerprint density at radius 1 is 1.11 bits per heavy atom. The predicted molar refractivity (Wildman–Crippen MR) is 77.4 cm³/mol. The first-order chi connectivity index (χ1) is 9.19. The summed E-state index contributed by atoms with van der Waals surface area (Å²) in [5, 5.41) is 0. The van der Waals surface area contributed by atoms with E-state index in [1.165, 1.54) is 5.56 Å². The average Bonchev–Trinajstić information content (AvgIpc) is 2.42. The van der Waals surface area contributed by atoms with Crippen molar-refractivity contribution in [2.24, 2.45) is 5.73 Å². The SMILES string of the molecule is CCCc1ccc(Oc2ccc([C@@H](C)N)nc2)cc1. The molecule has 2 N–H and O–H groups in total. The number of hydrogen-bond donors (Lipinski definition) is 1. The smallest absolute Gasteiger partial charge is 0.145 e. The first-order valence-electron chi connectivity index (χ1n) is 6.67. The Balaban J connectivity index is 2.04. The predicted octanol–water partition coefficient (Wildman–Crippen LogP) is 3.85. The zero-order valence-electron chi connectivity index (χ0n) is 11.5. The van der Waals surface area contributed by atoms with E-state index in [-0.39, 0.29) is 6.04 Å². The maximum absolute atomic E-state index is 5.76. The Hall–Kier alpha value is -1.87. The molecule has 1 heterocycles. The van der Waals surface area contributed by atoms with Crippen molar-refractivity contribution in [2.75, 3.05) is 0 Å². The van der Waals surface area contributed by atoms with E-state index in [4.69, 9.17) is 10.5 Å². The first-order valence-corrected chi connectivity index (χ1v) is 6.67. The fraction of sp³-hybridized carbons (Fsp3) is 0.312. The quantitative estimate of drug-likeness (QED) is 0.884. The summed E-state index contributed by atoms with van der Waals surface area (Å²) in [6.45, 7) is 4.09. The van der Waals surface area contributed by atoms with Gasteiger partial charge in [0.15, 0.2) is 0 Å². The van der Waals surface area contributed by atoms with Gasteiger partial charge in [0.1, 0.15) is 11.5 Å². The zero-order valence-corrected chi connectivity index (χ0v) is 11.5. The van der Waals surface area contributed by atoms with Crippen LogP contribution in [0.3, 0.4) is 0 Å². The summed E-state index contributed by atoms with van der Waals surface area (Å²) in [6.07, 6.45) is 3.96. The molecule has 0 radical (unpaired) electrons. The van der Waals surface area contributed by atoms with E-state index in [2.05, 4.69) is 24.0 Å². The highest BCUT2D eigenvalue weighted by Crippen LogP contribution is 2.22. The monoisotopic (exact) mass is 256 g/mol. The van der Waals surface area contributed by atoms with Gasteiger partial charge in [0.25, 0.3) is 0 Å². The minimum absolute atomic E-state index is 0.0534. The zero-order chi connectivity index (χ0) is 13.7. The molecule has 0 unspecified atom stereocenters. The average molecular weight is 256 g/mol. The van der Waals surface area contributed by atoms with Gasteiger partial charge >= 0.3 is 0 Å². The maximum Gasteiger partial charge on any atom is 0.145 e. The molecule has 3 heteroatoms. The van der Waals surface area contributed by atoms with Crippen LogP contribution < -0.4 is 10.5 Å². The van der Waals surface area contributed by atoms with Crippen molar-refractivity contribution < 1.29 is 4.74 Å². The van der Waals surface area contributed by atoms with Crippen molar-refractivity contribution in [1.82, 2.24) is 4.98 Å². The molecule has 0 spiro atoms. The molecule has 19 heavy (non-hydrogen) atoms. The number of ether oxygens (including phenoxy) is 1. The maximum atomic E-state index is 5.76. The van der Waals surface area contributed by atoms with Crippen LogP contribution in [-0.4, -0.2) is 4.98 Å². The number of nitrogens with zero attached hydrogens (tertiary/aromatic N) is 1. The second-order valence-corrected chi connectivity index (χ2v) is 4.70. The topological polar surface area (TPSA) is 48.1 Å². The largest absolute Gasteiger partial charge is 0.456 e. The van der Waals surface area contributed by atoms with Crippen LogP contribution in [0.5, 0.6) is 11.5 Å². The van der Waals surface area contributed by atoms with Gasteiger partial charge in [-0.05, 0) is 43.2 Å². The van der Waals surface area contributed by atoms with Crippen molar-refractivity contribution in [3.8, 4) is 11.5 Å². The lowest BCUT2D eigenvalue weighted by atomic mass is 10.1. The summed E-state index contributed by atoms with van der Waals surface area (Å²) in [6, 6.07) is 11.9. The summed E-state index contributed by atoms with van der Waals surface area (Å²) in [5.74, 6) is 1.56. The highest BCUT2D eigenvalue weighted by atomic mass is 16.5. The summed E-state index contributed by atoms with van der Waals surface area (Å²) >= 11 is 0. The summed E-state index contributed by atoms with van der Waals surface area (Å²) in [5.41, 5.74) is 7.96. The molecule has 0 saturated carbocycles. The molecule has 1 aromatic carbocycles. The highest BCUT2D eigenvalue weighted by Gasteiger charge is 2.02.